The zero-order chi connectivity index (χ0) is 20.5. The highest BCUT2D eigenvalue weighted by atomic mass is 79.9. The number of anilines is 1. The molecule has 28 heavy (non-hydrogen) atoms. The number of aryl methyl sites for hydroxylation is 1. The topological polar surface area (TPSA) is 88.7 Å². The molecule has 0 aromatic heterocycles. The lowest BCUT2D eigenvalue weighted by atomic mass is 10.2. The highest BCUT2D eigenvalue weighted by Crippen LogP contribution is 2.22. The molecular formula is C20H22BrN3O4. The Bertz CT molecular complexity index is 853. The summed E-state index contributed by atoms with van der Waals surface area (Å²) in [6.07, 6.45) is -0.00101. The fourth-order valence-electron chi connectivity index (χ4n) is 2.23. The molecule has 0 aliphatic rings. The van der Waals surface area contributed by atoms with Crippen molar-refractivity contribution in [1.82, 2.24) is 10.9 Å². The van der Waals surface area contributed by atoms with Gasteiger partial charge in [0, 0.05) is 15.9 Å². The smallest absolute Gasteiger partial charge is 0.276 e. The van der Waals surface area contributed by atoms with E-state index >= 15 is 0 Å². The highest BCUT2D eigenvalue weighted by molar-refractivity contribution is 9.10. The number of rotatable bonds is 9. The third-order valence-electron chi connectivity index (χ3n) is 3.62. The first kappa shape index (κ1) is 21.3. The van der Waals surface area contributed by atoms with Crippen LogP contribution in [0.3, 0.4) is 0 Å². The van der Waals surface area contributed by atoms with Crippen LogP contribution < -0.4 is 25.6 Å². The highest BCUT2D eigenvalue weighted by Gasteiger charge is 2.08. The summed E-state index contributed by atoms with van der Waals surface area (Å²) in [5.74, 6) is 0.668. The summed E-state index contributed by atoms with van der Waals surface area (Å²) >= 11 is 3.37. The van der Waals surface area contributed by atoms with E-state index < -0.39 is 0 Å². The molecule has 0 bridgehead atoms. The second-order valence-corrected chi connectivity index (χ2v) is 6.84. The molecule has 0 aliphatic heterocycles. The van der Waals surface area contributed by atoms with Crippen LogP contribution in [0.25, 0.3) is 0 Å². The second kappa shape index (κ2) is 10.4. The number of hydrogen-bond acceptors (Lipinski definition) is 5. The number of ether oxygens (including phenoxy) is 2. The predicted molar refractivity (Wildman–Crippen MR) is 111 cm³/mol. The quantitative estimate of drug-likeness (QED) is 0.513. The van der Waals surface area contributed by atoms with Gasteiger partial charge in [-0.25, -0.2) is 0 Å². The van der Waals surface area contributed by atoms with Gasteiger partial charge in [-0.15, -0.1) is 0 Å². The standard InChI is InChI=1S/C20H22BrN3O4/c1-13-10-15(21)4-9-18(13)28-12-20(26)24-23-14(2)11-19(25)22-16-5-7-17(27-3)8-6-16/h4-10,23H,2,11-12H2,1,3H3,(H,22,25)(H,24,26). The van der Waals surface area contributed by atoms with Crippen LogP contribution in [-0.2, 0) is 9.59 Å². The lowest BCUT2D eigenvalue weighted by Gasteiger charge is -2.13. The Hall–Kier alpha value is -3.00. The molecule has 0 saturated carbocycles. The van der Waals surface area contributed by atoms with Gasteiger partial charge >= 0.3 is 0 Å². The van der Waals surface area contributed by atoms with Crippen LogP contribution >= 0.6 is 15.9 Å². The van der Waals surface area contributed by atoms with Crippen molar-refractivity contribution in [2.24, 2.45) is 0 Å². The van der Waals surface area contributed by atoms with Gasteiger partial charge in [-0.1, -0.05) is 22.5 Å². The van der Waals surface area contributed by atoms with E-state index in [1.807, 2.05) is 19.1 Å². The second-order valence-electron chi connectivity index (χ2n) is 5.93. The van der Waals surface area contributed by atoms with Gasteiger partial charge in [-0.2, -0.15) is 0 Å². The van der Waals surface area contributed by atoms with Crippen LogP contribution in [0.2, 0.25) is 0 Å². The first-order chi connectivity index (χ1) is 13.4. The van der Waals surface area contributed by atoms with Gasteiger partial charge in [-0.3, -0.25) is 15.0 Å². The summed E-state index contributed by atoms with van der Waals surface area (Å²) in [5, 5.41) is 2.73. The molecule has 0 saturated heterocycles. The number of hydrogen-bond donors (Lipinski definition) is 3. The maximum atomic E-state index is 12.0. The Labute approximate surface area is 172 Å². The average molecular weight is 448 g/mol. The molecule has 0 unspecified atom stereocenters. The Kier molecular flexibility index (Phi) is 7.88. The van der Waals surface area contributed by atoms with Crippen LogP contribution in [0.4, 0.5) is 5.69 Å². The fraction of sp³-hybridized carbons (Fsp3) is 0.200. The molecule has 0 spiro atoms. The van der Waals surface area contributed by atoms with Crippen molar-refractivity contribution in [3.05, 3.63) is 64.8 Å². The molecule has 2 aromatic rings. The van der Waals surface area contributed by atoms with E-state index in [2.05, 4.69) is 38.7 Å². The average Bonchev–Trinajstić information content (AvgIpc) is 2.66. The number of hydrazine groups is 1. The zero-order valence-electron chi connectivity index (χ0n) is 15.7. The molecule has 2 amide bonds. The number of benzene rings is 2. The summed E-state index contributed by atoms with van der Waals surface area (Å²) in [7, 11) is 1.57. The van der Waals surface area contributed by atoms with Crippen molar-refractivity contribution < 1.29 is 19.1 Å². The van der Waals surface area contributed by atoms with E-state index in [1.54, 1.807) is 37.4 Å². The van der Waals surface area contributed by atoms with E-state index in [0.717, 1.165) is 10.0 Å². The van der Waals surface area contributed by atoms with E-state index in [4.69, 9.17) is 9.47 Å². The first-order valence-corrected chi connectivity index (χ1v) is 9.22. The monoisotopic (exact) mass is 447 g/mol. The van der Waals surface area contributed by atoms with Crippen molar-refractivity contribution >= 4 is 33.4 Å². The van der Waals surface area contributed by atoms with Gasteiger partial charge < -0.3 is 20.2 Å². The molecule has 2 rings (SSSR count). The van der Waals surface area contributed by atoms with Gasteiger partial charge in [0.1, 0.15) is 11.5 Å². The fourth-order valence-corrected chi connectivity index (χ4v) is 2.71. The molecule has 7 nitrogen and oxygen atoms in total. The normalized spacial score (nSPS) is 9.96. The lowest BCUT2D eigenvalue weighted by molar-refractivity contribution is -0.124. The Balaban J connectivity index is 1.70. The van der Waals surface area contributed by atoms with E-state index in [0.29, 0.717) is 22.9 Å². The Morgan fingerprint density at radius 1 is 1.07 bits per heavy atom. The van der Waals surface area contributed by atoms with Crippen molar-refractivity contribution in [3.8, 4) is 11.5 Å². The minimum atomic E-state index is -0.390. The zero-order valence-corrected chi connectivity index (χ0v) is 17.3. The third kappa shape index (κ3) is 6.96. The van der Waals surface area contributed by atoms with Gasteiger partial charge in [0.05, 0.1) is 13.5 Å². The van der Waals surface area contributed by atoms with Crippen LogP contribution in [0.1, 0.15) is 12.0 Å². The molecular weight excluding hydrogens is 426 g/mol. The largest absolute Gasteiger partial charge is 0.497 e. The van der Waals surface area contributed by atoms with Crippen molar-refractivity contribution in [2.75, 3.05) is 19.0 Å². The Morgan fingerprint density at radius 2 is 1.79 bits per heavy atom. The van der Waals surface area contributed by atoms with E-state index in [9.17, 15) is 9.59 Å². The molecule has 148 valence electrons. The number of halogens is 1. The SMILES string of the molecule is C=C(CC(=O)Nc1ccc(OC)cc1)NNC(=O)COc1ccc(Br)cc1C. The molecule has 0 heterocycles. The predicted octanol–water partition coefficient (Wildman–Crippen LogP) is 3.31. The molecule has 3 N–H and O–H groups in total. The van der Waals surface area contributed by atoms with Gasteiger partial charge in [0.2, 0.25) is 5.91 Å². The van der Waals surface area contributed by atoms with Gasteiger partial charge in [0.25, 0.3) is 5.91 Å². The summed E-state index contributed by atoms with van der Waals surface area (Å²) in [5.41, 5.74) is 6.96. The van der Waals surface area contributed by atoms with Crippen molar-refractivity contribution in [1.29, 1.82) is 0 Å². The first-order valence-electron chi connectivity index (χ1n) is 8.43. The van der Waals surface area contributed by atoms with Crippen LogP contribution in [0.15, 0.2) is 59.2 Å². The number of carbonyl (C=O) groups excluding carboxylic acids is 2. The summed E-state index contributed by atoms with van der Waals surface area (Å²) < 4.78 is 11.5. The van der Waals surface area contributed by atoms with Crippen molar-refractivity contribution in [2.45, 2.75) is 13.3 Å². The summed E-state index contributed by atoms with van der Waals surface area (Å²) in [4.78, 5) is 23.9. The molecule has 0 radical (unpaired) electrons. The van der Waals surface area contributed by atoms with Crippen LogP contribution in [0, 0.1) is 6.92 Å². The summed E-state index contributed by atoms with van der Waals surface area (Å²) in [6.45, 7) is 5.45. The number of carbonyl (C=O) groups is 2. The maximum absolute atomic E-state index is 12.0. The maximum Gasteiger partial charge on any atom is 0.276 e. The molecule has 0 aliphatic carbocycles. The molecule has 0 atom stereocenters. The lowest BCUT2D eigenvalue weighted by Crippen LogP contribution is -2.40. The minimum Gasteiger partial charge on any atom is -0.497 e. The van der Waals surface area contributed by atoms with Crippen LogP contribution in [-0.4, -0.2) is 25.5 Å². The molecule has 2 aromatic carbocycles. The molecule has 0 fully saturated rings. The number of methoxy groups -OCH3 is 1. The third-order valence-corrected chi connectivity index (χ3v) is 4.12. The Morgan fingerprint density at radius 3 is 2.43 bits per heavy atom. The van der Waals surface area contributed by atoms with E-state index in [-0.39, 0.29) is 24.8 Å². The van der Waals surface area contributed by atoms with Gasteiger partial charge in [0.15, 0.2) is 6.61 Å². The number of amides is 2. The minimum absolute atomic E-state index is 0.00101. The van der Waals surface area contributed by atoms with Crippen molar-refractivity contribution in [3.63, 3.8) is 0 Å². The van der Waals surface area contributed by atoms with Crippen LogP contribution in [0.5, 0.6) is 11.5 Å². The van der Waals surface area contributed by atoms with Gasteiger partial charge in [-0.05, 0) is 55.0 Å². The summed E-state index contributed by atoms with van der Waals surface area (Å²) in [6, 6.07) is 12.5. The number of nitrogens with one attached hydrogen (secondary N) is 3. The van der Waals surface area contributed by atoms with E-state index in [1.165, 1.54) is 0 Å². The molecule has 8 heteroatoms.